The molecule has 1 aliphatic heterocycles. The van der Waals surface area contributed by atoms with Crippen molar-refractivity contribution in [3.8, 4) is 11.1 Å². The van der Waals surface area contributed by atoms with Gasteiger partial charge in [-0.05, 0) is 53.8 Å². The first-order valence-corrected chi connectivity index (χ1v) is 12.5. The van der Waals surface area contributed by atoms with Gasteiger partial charge in [0, 0.05) is 72.8 Å². The Balaban J connectivity index is 1.34. The van der Waals surface area contributed by atoms with Crippen LogP contribution in [0, 0.1) is 5.82 Å². The number of hydrogen-bond donors (Lipinski definition) is 3. The molecule has 5 aromatic rings. The SMILES string of the molecule is N[C@@H]1CCCN(c2ccnc3c(F)cc(-c4c[nH]c5ncc(CNCc6ccccc6)cc45)cc23)C1. The van der Waals surface area contributed by atoms with Crippen LogP contribution in [0.1, 0.15) is 24.0 Å². The highest BCUT2D eigenvalue weighted by molar-refractivity contribution is 6.00. The van der Waals surface area contributed by atoms with Crippen LogP contribution >= 0.6 is 0 Å². The van der Waals surface area contributed by atoms with Gasteiger partial charge >= 0.3 is 0 Å². The quantitative estimate of drug-likeness (QED) is 0.314. The number of H-pyrrole nitrogens is 1. The number of nitrogens with one attached hydrogen (secondary N) is 2. The highest BCUT2D eigenvalue weighted by Gasteiger charge is 2.21. The van der Waals surface area contributed by atoms with Gasteiger partial charge in [-0.3, -0.25) is 4.98 Å². The van der Waals surface area contributed by atoms with E-state index in [4.69, 9.17) is 5.73 Å². The standard InChI is InChI=1S/C29H29FN6/c30-26-13-21(12-24-27(8-9-33-28(24)26)36-10-4-7-22(31)18-36)25-17-35-29-23(25)11-20(16-34-29)15-32-14-19-5-2-1-3-6-19/h1-3,5-6,8-9,11-13,16-17,22,32H,4,7,10,14-15,18,31H2,(H,34,35)/t22-/m1/s1. The molecule has 0 unspecified atom stereocenters. The largest absolute Gasteiger partial charge is 0.369 e. The summed E-state index contributed by atoms with van der Waals surface area (Å²) in [6.07, 6.45) is 7.52. The molecule has 1 atom stereocenters. The van der Waals surface area contributed by atoms with Crippen LogP contribution in [0.3, 0.4) is 0 Å². The zero-order chi connectivity index (χ0) is 24.5. The Labute approximate surface area is 209 Å². The van der Waals surface area contributed by atoms with Crippen LogP contribution < -0.4 is 16.0 Å². The van der Waals surface area contributed by atoms with Gasteiger partial charge in [0.2, 0.25) is 0 Å². The summed E-state index contributed by atoms with van der Waals surface area (Å²) in [5.74, 6) is -0.325. The number of hydrogen-bond acceptors (Lipinski definition) is 5. The number of piperidine rings is 1. The van der Waals surface area contributed by atoms with Crippen molar-refractivity contribution >= 4 is 27.6 Å². The van der Waals surface area contributed by atoms with E-state index < -0.39 is 0 Å². The minimum absolute atomic E-state index is 0.128. The summed E-state index contributed by atoms with van der Waals surface area (Å²) in [4.78, 5) is 14.5. The Morgan fingerprint density at radius 2 is 1.89 bits per heavy atom. The molecule has 1 fully saturated rings. The Morgan fingerprint density at radius 3 is 2.75 bits per heavy atom. The molecule has 4 N–H and O–H groups in total. The van der Waals surface area contributed by atoms with E-state index in [1.807, 2.05) is 42.7 Å². The fourth-order valence-electron chi connectivity index (χ4n) is 5.19. The van der Waals surface area contributed by atoms with Gasteiger partial charge in [-0.25, -0.2) is 9.37 Å². The number of halogens is 1. The van der Waals surface area contributed by atoms with Gasteiger partial charge in [0.15, 0.2) is 0 Å². The third kappa shape index (κ3) is 4.43. The number of benzene rings is 2. The average Bonchev–Trinajstić information content (AvgIpc) is 3.32. The number of aromatic amines is 1. The molecule has 7 heteroatoms. The molecule has 0 radical (unpaired) electrons. The second-order valence-corrected chi connectivity index (χ2v) is 9.56. The highest BCUT2D eigenvalue weighted by Crippen LogP contribution is 2.35. The van der Waals surface area contributed by atoms with Crippen LogP contribution in [0.15, 0.2) is 73.2 Å². The topological polar surface area (TPSA) is 82.9 Å². The minimum atomic E-state index is -0.325. The van der Waals surface area contributed by atoms with Gasteiger partial charge in [-0.2, -0.15) is 0 Å². The molecule has 0 aliphatic carbocycles. The molecule has 1 saturated heterocycles. The Bertz CT molecular complexity index is 1510. The number of fused-ring (bicyclic) bond motifs is 2. The monoisotopic (exact) mass is 480 g/mol. The van der Waals surface area contributed by atoms with E-state index >= 15 is 4.39 Å². The predicted molar refractivity (Wildman–Crippen MR) is 143 cm³/mol. The van der Waals surface area contributed by atoms with Crippen molar-refractivity contribution in [3.05, 3.63) is 90.1 Å². The van der Waals surface area contributed by atoms with Crippen molar-refractivity contribution in [2.45, 2.75) is 32.0 Å². The molecule has 6 rings (SSSR count). The molecule has 0 bridgehead atoms. The van der Waals surface area contributed by atoms with Crippen molar-refractivity contribution < 1.29 is 4.39 Å². The number of pyridine rings is 2. The van der Waals surface area contributed by atoms with Gasteiger partial charge in [0.1, 0.15) is 17.0 Å². The Morgan fingerprint density at radius 1 is 1.03 bits per heavy atom. The Hall–Kier alpha value is -3.81. The van der Waals surface area contributed by atoms with Gasteiger partial charge < -0.3 is 20.9 Å². The fourth-order valence-corrected chi connectivity index (χ4v) is 5.19. The molecule has 0 amide bonds. The first kappa shape index (κ1) is 22.6. The summed E-state index contributed by atoms with van der Waals surface area (Å²) >= 11 is 0. The number of nitrogens with two attached hydrogens (primary N) is 1. The second kappa shape index (κ2) is 9.68. The van der Waals surface area contributed by atoms with E-state index in [9.17, 15) is 0 Å². The van der Waals surface area contributed by atoms with Gasteiger partial charge in [0.25, 0.3) is 0 Å². The molecule has 0 saturated carbocycles. The number of rotatable bonds is 6. The van der Waals surface area contributed by atoms with Crippen molar-refractivity contribution in [2.24, 2.45) is 5.73 Å². The van der Waals surface area contributed by atoms with Crippen LogP contribution in [0.5, 0.6) is 0 Å². The second-order valence-electron chi connectivity index (χ2n) is 9.56. The predicted octanol–water partition coefficient (Wildman–Crippen LogP) is 5.13. The number of aromatic nitrogens is 3. The molecule has 182 valence electrons. The first-order chi connectivity index (χ1) is 17.7. The maximum atomic E-state index is 15.3. The number of nitrogens with zero attached hydrogens (tertiary/aromatic N) is 3. The number of anilines is 1. The summed E-state index contributed by atoms with van der Waals surface area (Å²) < 4.78 is 15.3. The average molecular weight is 481 g/mol. The smallest absolute Gasteiger partial charge is 0.150 e. The lowest BCUT2D eigenvalue weighted by atomic mass is 10.00. The summed E-state index contributed by atoms with van der Waals surface area (Å²) in [7, 11) is 0. The molecule has 0 spiro atoms. The van der Waals surface area contributed by atoms with Crippen molar-refractivity contribution in [2.75, 3.05) is 18.0 Å². The zero-order valence-corrected chi connectivity index (χ0v) is 20.0. The van der Waals surface area contributed by atoms with Crippen molar-refractivity contribution in [3.63, 3.8) is 0 Å². The summed E-state index contributed by atoms with van der Waals surface area (Å²) in [5.41, 5.74) is 12.4. The molecular weight excluding hydrogens is 451 g/mol. The van der Waals surface area contributed by atoms with Crippen LogP contribution in [0.2, 0.25) is 0 Å². The lowest BCUT2D eigenvalue weighted by molar-refractivity contribution is 0.507. The molecule has 2 aromatic carbocycles. The third-order valence-corrected chi connectivity index (χ3v) is 6.97. The van der Waals surface area contributed by atoms with E-state index in [2.05, 4.69) is 43.4 Å². The zero-order valence-electron chi connectivity index (χ0n) is 20.0. The summed E-state index contributed by atoms with van der Waals surface area (Å²) in [5, 5.41) is 5.26. The minimum Gasteiger partial charge on any atom is -0.369 e. The maximum Gasteiger partial charge on any atom is 0.150 e. The Kier molecular flexibility index (Phi) is 6.09. The summed E-state index contributed by atoms with van der Waals surface area (Å²) in [6, 6.07) is 18.2. The van der Waals surface area contributed by atoms with Gasteiger partial charge in [0.05, 0.1) is 0 Å². The lowest BCUT2D eigenvalue weighted by Gasteiger charge is -2.33. The van der Waals surface area contributed by atoms with Crippen LogP contribution in [-0.2, 0) is 13.1 Å². The van der Waals surface area contributed by atoms with Gasteiger partial charge in [-0.1, -0.05) is 30.3 Å². The van der Waals surface area contributed by atoms with Crippen molar-refractivity contribution in [1.29, 1.82) is 0 Å². The van der Waals surface area contributed by atoms with Gasteiger partial charge in [-0.15, -0.1) is 0 Å². The molecule has 1 aliphatic rings. The normalized spacial score (nSPS) is 16.2. The lowest BCUT2D eigenvalue weighted by Crippen LogP contribution is -2.42. The van der Waals surface area contributed by atoms with Crippen molar-refractivity contribution in [1.82, 2.24) is 20.3 Å². The highest BCUT2D eigenvalue weighted by atomic mass is 19.1. The maximum absolute atomic E-state index is 15.3. The van der Waals surface area contributed by atoms with E-state index in [0.29, 0.717) is 12.1 Å². The van der Waals surface area contributed by atoms with Crippen LogP contribution in [-0.4, -0.2) is 34.1 Å². The van der Waals surface area contributed by atoms with E-state index in [1.165, 1.54) is 5.56 Å². The van der Waals surface area contributed by atoms with Crippen LogP contribution in [0.4, 0.5) is 10.1 Å². The fraction of sp³-hybridized carbons (Fsp3) is 0.241. The molecule has 4 heterocycles. The molecule has 6 nitrogen and oxygen atoms in total. The summed E-state index contributed by atoms with van der Waals surface area (Å²) in [6.45, 7) is 3.15. The van der Waals surface area contributed by atoms with Crippen LogP contribution in [0.25, 0.3) is 33.1 Å². The van der Waals surface area contributed by atoms with E-state index in [0.717, 1.165) is 71.3 Å². The molecule has 36 heavy (non-hydrogen) atoms. The van der Waals surface area contributed by atoms with E-state index in [1.54, 1.807) is 12.3 Å². The van der Waals surface area contributed by atoms with E-state index in [-0.39, 0.29) is 11.9 Å². The first-order valence-electron chi connectivity index (χ1n) is 12.5. The molecular formula is C29H29FN6. The third-order valence-electron chi connectivity index (χ3n) is 6.97. The molecule has 3 aromatic heterocycles.